The van der Waals surface area contributed by atoms with Crippen molar-refractivity contribution in [1.82, 2.24) is 4.90 Å². The highest BCUT2D eigenvalue weighted by atomic mass is 79.9. The van der Waals surface area contributed by atoms with E-state index in [4.69, 9.17) is 0 Å². The summed E-state index contributed by atoms with van der Waals surface area (Å²) in [5.74, 6) is -0.224. The summed E-state index contributed by atoms with van der Waals surface area (Å²) in [5.41, 5.74) is 4.40. The largest absolute Gasteiger partial charge is 0.368 e. The third-order valence-corrected chi connectivity index (χ3v) is 5.85. The van der Waals surface area contributed by atoms with E-state index in [1.165, 1.54) is 22.9 Å². The van der Waals surface area contributed by atoms with Gasteiger partial charge in [-0.15, -0.1) is 0 Å². The highest BCUT2D eigenvalue weighted by Gasteiger charge is 2.27. The Morgan fingerprint density at radius 3 is 2.46 bits per heavy atom. The second-order valence-electron chi connectivity index (χ2n) is 6.79. The van der Waals surface area contributed by atoms with Crippen molar-refractivity contribution in [1.29, 1.82) is 0 Å². The topological polar surface area (TPSA) is 23.6 Å². The number of hydrogen-bond donors (Lipinski definition) is 0. The lowest BCUT2D eigenvalue weighted by atomic mass is 10.1. The summed E-state index contributed by atoms with van der Waals surface area (Å²) in [6, 6.07) is 13.0. The lowest BCUT2D eigenvalue weighted by Crippen LogP contribution is -2.51. The standard InChI is InChI=1S/C21H24BrFN2O/c1-15-6-5-9-20(16(15)2)24-10-12-25(13-11-24)21(26)18(22)14-17-7-3-4-8-19(17)23/h3-9,18H,10-14H2,1-2H3. The van der Waals surface area contributed by atoms with E-state index in [1.807, 2.05) is 4.90 Å². The number of rotatable bonds is 4. The van der Waals surface area contributed by atoms with Crippen LogP contribution >= 0.6 is 15.9 Å². The maximum absolute atomic E-state index is 13.8. The molecule has 0 radical (unpaired) electrons. The van der Waals surface area contributed by atoms with E-state index in [2.05, 4.69) is 52.9 Å². The van der Waals surface area contributed by atoms with Crippen LogP contribution in [-0.2, 0) is 11.2 Å². The molecule has 1 saturated heterocycles. The molecule has 26 heavy (non-hydrogen) atoms. The van der Waals surface area contributed by atoms with Crippen molar-refractivity contribution in [3.05, 3.63) is 65.0 Å². The van der Waals surface area contributed by atoms with Gasteiger partial charge in [-0.3, -0.25) is 4.79 Å². The number of hydrogen-bond acceptors (Lipinski definition) is 2. The van der Waals surface area contributed by atoms with Gasteiger partial charge in [0.25, 0.3) is 0 Å². The summed E-state index contributed by atoms with van der Waals surface area (Å²) in [4.78, 5) is 16.5. The summed E-state index contributed by atoms with van der Waals surface area (Å²) in [7, 11) is 0. The van der Waals surface area contributed by atoms with Gasteiger partial charge in [0.05, 0.1) is 4.83 Å². The number of alkyl halides is 1. The first-order chi connectivity index (χ1) is 12.5. The SMILES string of the molecule is Cc1cccc(N2CCN(C(=O)C(Br)Cc3ccccc3F)CC2)c1C. The smallest absolute Gasteiger partial charge is 0.236 e. The van der Waals surface area contributed by atoms with E-state index < -0.39 is 4.83 Å². The zero-order valence-electron chi connectivity index (χ0n) is 15.2. The first-order valence-electron chi connectivity index (χ1n) is 8.95. The van der Waals surface area contributed by atoms with Gasteiger partial charge < -0.3 is 9.80 Å². The fourth-order valence-electron chi connectivity index (χ4n) is 3.39. The van der Waals surface area contributed by atoms with Crippen molar-refractivity contribution in [3.8, 4) is 0 Å². The molecule has 1 fully saturated rings. The first kappa shape index (κ1) is 18.9. The molecule has 0 saturated carbocycles. The van der Waals surface area contributed by atoms with Crippen LogP contribution in [0.1, 0.15) is 16.7 Å². The van der Waals surface area contributed by atoms with Crippen LogP contribution in [0.3, 0.4) is 0 Å². The minimum Gasteiger partial charge on any atom is -0.368 e. The Morgan fingerprint density at radius 1 is 1.08 bits per heavy atom. The molecule has 0 aromatic heterocycles. The summed E-state index contributed by atoms with van der Waals surface area (Å²) in [6.45, 7) is 7.27. The zero-order chi connectivity index (χ0) is 18.7. The predicted molar refractivity (Wildman–Crippen MR) is 108 cm³/mol. The van der Waals surface area contributed by atoms with Crippen LogP contribution in [0.4, 0.5) is 10.1 Å². The summed E-state index contributed by atoms with van der Waals surface area (Å²) in [6.07, 6.45) is 0.364. The van der Waals surface area contributed by atoms with Gasteiger partial charge in [0.1, 0.15) is 5.82 Å². The molecule has 0 N–H and O–H groups in total. The number of carbonyl (C=O) groups is 1. The van der Waals surface area contributed by atoms with Gasteiger partial charge in [-0.05, 0) is 49.1 Å². The fraction of sp³-hybridized carbons (Fsp3) is 0.381. The molecule has 0 spiro atoms. The molecule has 1 aliphatic heterocycles. The number of nitrogens with zero attached hydrogens (tertiary/aromatic N) is 2. The second-order valence-corrected chi connectivity index (χ2v) is 7.90. The van der Waals surface area contributed by atoms with Crippen LogP contribution in [0.25, 0.3) is 0 Å². The van der Waals surface area contributed by atoms with Crippen LogP contribution in [0.5, 0.6) is 0 Å². The lowest BCUT2D eigenvalue weighted by molar-refractivity contribution is -0.130. The zero-order valence-corrected chi connectivity index (χ0v) is 16.8. The molecular formula is C21H24BrFN2O. The van der Waals surface area contributed by atoms with Crippen molar-refractivity contribution in [2.24, 2.45) is 0 Å². The number of anilines is 1. The van der Waals surface area contributed by atoms with Gasteiger partial charge in [-0.2, -0.15) is 0 Å². The van der Waals surface area contributed by atoms with Crippen molar-refractivity contribution in [3.63, 3.8) is 0 Å². The predicted octanol–water partition coefficient (Wildman–Crippen LogP) is 4.10. The average molecular weight is 419 g/mol. The van der Waals surface area contributed by atoms with Crippen LogP contribution < -0.4 is 4.90 Å². The molecule has 2 aromatic carbocycles. The molecule has 1 heterocycles. The molecule has 1 unspecified atom stereocenters. The number of carbonyl (C=O) groups excluding carboxylic acids is 1. The van der Waals surface area contributed by atoms with E-state index in [0.29, 0.717) is 25.1 Å². The number of aryl methyl sites for hydroxylation is 1. The fourth-order valence-corrected chi connectivity index (χ4v) is 4.03. The van der Waals surface area contributed by atoms with Crippen LogP contribution in [0, 0.1) is 19.7 Å². The van der Waals surface area contributed by atoms with Gasteiger partial charge in [0, 0.05) is 31.9 Å². The van der Waals surface area contributed by atoms with Crippen molar-refractivity contribution in [2.45, 2.75) is 25.1 Å². The van der Waals surface area contributed by atoms with E-state index >= 15 is 0 Å². The minimum atomic E-state index is -0.397. The van der Waals surface area contributed by atoms with Crippen LogP contribution in [0.2, 0.25) is 0 Å². The molecule has 3 nitrogen and oxygen atoms in total. The van der Waals surface area contributed by atoms with Gasteiger partial charge >= 0.3 is 0 Å². The van der Waals surface area contributed by atoms with Crippen molar-refractivity contribution >= 4 is 27.5 Å². The second kappa shape index (κ2) is 8.21. The van der Waals surface area contributed by atoms with Gasteiger partial charge in [-0.25, -0.2) is 4.39 Å². The summed E-state index contributed by atoms with van der Waals surface area (Å²) >= 11 is 3.46. The Hall–Kier alpha value is -1.88. The third-order valence-electron chi connectivity index (χ3n) is 5.13. The van der Waals surface area contributed by atoms with Crippen LogP contribution in [-0.4, -0.2) is 41.8 Å². The molecule has 1 aliphatic rings. The molecule has 138 valence electrons. The third kappa shape index (κ3) is 4.09. The Labute approximate surface area is 162 Å². The Bertz CT molecular complexity index is 787. The summed E-state index contributed by atoms with van der Waals surface area (Å²) in [5, 5.41) is 0. The number of halogens is 2. The average Bonchev–Trinajstić information content (AvgIpc) is 2.65. The van der Waals surface area contributed by atoms with Gasteiger partial charge in [0.2, 0.25) is 5.91 Å². The highest BCUT2D eigenvalue weighted by Crippen LogP contribution is 2.24. The molecule has 0 bridgehead atoms. The molecular weight excluding hydrogens is 395 g/mol. The Morgan fingerprint density at radius 2 is 1.77 bits per heavy atom. The molecule has 1 atom stereocenters. The van der Waals surface area contributed by atoms with Crippen LogP contribution in [0.15, 0.2) is 42.5 Å². The van der Waals surface area contributed by atoms with Gasteiger partial charge in [0.15, 0.2) is 0 Å². The molecule has 2 aromatic rings. The van der Waals surface area contributed by atoms with Gasteiger partial charge in [-0.1, -0.05) is 46.3 Å². The summed E-state index contributed by atoms with van der Waals surface area (Å²) < 4.78 is 13.8. The number of amides is 1. The lowest BCUT2D eigenvalue weighted by Gasteiger charge is -2.37. The van der Waals surface area contributed by atoms with E-state index in [1.54, 1.807) is 18.2 Å². The van der Waals surface area contributed by atoms with E-state index in [-0.39, 0.29) is 11.7 Å². The molecule has 3 rings (SSSR count). The first-order valence-corrected chi connectivity index (χ1v) is 9.86. The van der Waals surface area contributed by atoms with Crippen molar-refractivity contribution < 1.29 is 9.18 Å². The normalized spacial score (nSPS) is 15.8. The molecule has 0 aliphatic carbocycles. The number of benzene rings is 2. The maximum Gasteiger partial charge on any atom is 0.236 e. The van der Waals surface area contributed by atoms with Crippen molar-refractivity contribution in [2.75, 3.05) is 31.1 Å². The van der Waals surface area contributed by atoms with E-state index in [0.717, 1.165) is 13.1 Å². The maximum atomic E-state index is 13.8. The molecule has 5 heteroatoms. The molecule has 1 amide bonds. The number of piperazine rings is 1. The Balaban J connectivity index is 1.60. The Kier molecular flexibility index (Phi) is 5.97. The highest BCUT2D eigenvalue weighted by molar-refractivity contribution is 9.10. The minimum absolute atomic E-state index is 0.0360. The van der Waals surface area contributed by atoms with E-state index in [9.17, 15) is 9.18 Å². The quantitative estimate of drug-likeness (QED) is 0.697. The monoisotopic (exact) mass is 418 g/mol.